The molecule has 0 aliphatic heterocycles. The predicted molar refractivity (Wildman–Crippen MR) is 59.3 cm³/mol. The van der Waals surface area contributed by atoms with E-state index in [2.05, 4.69) is 0 Å². The number of rotatable bonds is 4. The van der Waals surface area contributed by atoms with Crippen molar-refractivity contribution in [1.29, 1.82) is 5.41 Å². The zero-order valence-corrected chi connectivity index (χ0v) is 8.83. The molecule has 14 heavy (non-hydrogen) atoms. The number of nitrogen functional groups attached to an aromatic ring is 1. The number of amidine groups is 1. The fraction of sp³-hybridized carbons (Fsp3) is 0.300. The Bertz CT molecular complexity index is 339. The lowest BCUT2D eigenvalue weighted by molar-refractivity contribution is 0.614. The maximum absolute atomic E-state index is 13.6. The van der Waals surface area contributed by atoms with Gasteiger partial charge in [-0.3, -0.25) is 5.41 Å². The van der Waals surface area contributed by atoms with Gasteiger partial charge in [0, 0.05) is 5.75 Å². The molecule has 1 aromatic rings. The minimum atomic E-state index is -0.360. The average Bonchev–Trinajstić information content (AvgIpc) is 2.16. The van der Waals surface area contributed by atoms with Crippen LogP contribution in [0.5, 0.6) is 0 Å². The lowest BCUT2D eigenvalue weighted by Gasteiger charge is -2.05. The Kier molecular flexibility index (Phi) is 3.95. The van der Waals surface area contributed by atoms with Gasteiger partial charge in [0.15, 0.2) is 0 Å². The second-order valence-electron chi connectivity index (χ2n) is 2.83. The summed E-state index contributed by atoms with van der Waals surface area (Å²) in [6.45, 7) is 2.03. The van der Waals surface area contributed by atoms with Gasteiger partial charge in [0.05, 0.1) is 5.56 Å². The van der Waals surface area contributed by atoms with Crippen molar-refractivity contribution in [3.8, 4) is 0 Å². The number of halogens is 1. The number of nitrogens with one attached hydrogen (secondary N) is 1. The lowest BCUT2D eigenvalue weighted by atomic mass is 10.1. The SMILES string of the molecule is CCSCc1cccc(C(=N)N)c1F. The maximum atomic E-state index is 13.6. The van der Waals surface area contributed by atoms with Gasteiger partial charge in [0.1, 0.15) is 11.7 Å². The summed E-state index contributed by atoms with van der Waals surface area (Å²) >= 11 is 1.64. The van der Waals surface area contributed by atoms with E-state index < -0.39 is 0 Å². The Morgan fingerprint density at radius 1 is 1.57 bits per heavy atom. The number of benzene rings is 1. The molecule has 0 atom stereocenters. The van der Waals surface area contributed by atoms with Crippen LogP contribution in [0.4, 0.5) is 4.39 Å². The van der Waals surface area contributed by atoms with Crippen molar-refractivity contribution < 1.29 is 4.39 Å². The number of nitrogens with two attached hydrogens (primary N) is 1. The van der Waals surface area contributed by atoms with Gasteiger partial charge in [0.2, 0.25) is 0 Å². The molecule has 0 aromatic heterocycles. The molecule has 0 aliphatic carbocycles. The zero-order valence-electron chi connectivity index (χ0n) is 8.01. The van der Waals surface area contributed by atoms with Crippen LogP contribution in [-0.2, 0) is 5.75 Å². The van der Waals surface area contributed by atoms with Crippen LogP contribution in [0.1, 0.15) is 18.1 Å². The second kappa shape index (κ2) is 5.00. The molecule has 1 aromatic carbocycles. The van der Waals surface area contributed by atoms with Crippen LogP contribution in [0, 0.1) is 11.2 Å². The summed E-state index contributed by atoms with van der Waals surface area (Å²) in [7, 11) is 0. The molecule has 4 heteroatoms. The van der Waals surface area contributed by atoms with Gasteiger partial charge in [-0.25, -0.2) is 4.39 Å². The topological polar surface area (TPSA) is 49.9 Å². The summed E-state index contributed by atoms with van der Waals surface area (Å²) in [4.78, 5) is 0. The Morgan fingerprint density at radius 2 is 2.29 bits per heavy atom. The molecule has 0 unspecified atom stereocenters. The highest BCUT2D eigenvalue weighted by atomic mass is 32.2. The standard InChI is InChI=1S/C10H13FN2S/c1-2-14-6-7-4-3-5-8(9(7)11)10(12)13/h3-5H,2,6H2,1H3,(H3,12,13). The molecule has 0 radical (unpaired) electrons. The first-order valence-electron chi connectivity index (χ1n) is 4.36. The highest BCUT2D eigenvalue weighted by Crippen LogP contribution is 2.18. The summed E-state index contributed by atoms with van der Waals surface area (Å²) in [5.41, 5.74) is 6.06. The average molecular weight is 212 g/mol. The molecule has 1 rings (SSSR count). The Labute approximate surface area is 87.2 Å². The van der Waals surface area contributed by atoms with Gasteiger partial charge in [-0.15, -0.1) is 0 Å². The van der Waals surface area contributed by atoms with Crippen molar-refractivity contribution in [3.05, 3.63) is 35.1 Å². The number of hydrogen-bond donors (Lipinski definition) is 2. The third-order valence-electron chi connectivity index (χ3n) is 1.83. The molecule has 0 aliphatic rings. The summed E-state index contributed by atoms with van der Waals surface area (Å²) in [6, 6.07) is 4.98. The van der Waals surface area contributed by atoms with Crippen molar-refractivity contribution in [2.45, 2.75) is 12.7 Å². The monoisotopic (exact) mass is 212 g/mol. The first kappa shape index (κ1) is 11.0. The van der Waals surface area contributed by atoms with E-state index in [0.717, 1.165) is 5.75 Å². The Morgan fingerprint density at radius 3 is 2.86 bits per heavy atom. The van der Waals surface area contributed by atoms with Crippen LogP contribution in [0.2, 0.25) is 0 Å². The van der Waals surface area contributed by atoms with Crippen molar-refractivity contribution in [3.63, 3.8) is 0 Å². The van der Waals surface area contributed by atoms with E-state index in [0.29, 0.717) is 11.3 Å². The Hall–Kier alpha value is -1.03. The van der Waals surface area contributed by atoms with Crippen LogP contribution in [0.25, 0.3) is 0 Å². The molecule has 2 nitrogen and oxygen atoms in total. The van der Waals surface area contributed by atoms with Gasteiger partial charge in [-0.1, -0.05) is 19.1 Å². The van der Waals surface area contributed by atoms with Gasteiger partial charge < -0.3 is 5.73 Å². The van der Waals surface area contributed by atoms with Crippen molar-refractivity contribution in [1.82, 2.24) is 0 Å². The second-order valence-corrected chi connectivity index (χ2v) is 4.10. The van der Waals surface area contributed by atoms with E-state index in [1.54, 1.807) is 23.9 Å². The van der Waals surface area contributed by atoms with E-state index >= 15 is 0 Å². The van der Waals surface area contributed by atoms with E-state index in [9.17, 15) is 4.39 Å². The van der Waals surface area contributed by atoms with Gasteiger partial charge in [-0.2, -0.15) is 11.8 Å². The highest BCUT2D eigenvalue weighted by molar-refractivity contribution is 7.98. The van der Waals surface area contributed by atoms with E-state index in [4.69, 9.17) is 11.1 Å². The van der Waals surface area contributed by atoms with E-state index in [1.807, 2.05) is 6.92 Å². The first-order chi connectivity index (χ1) is 6.66. The fourth-order valence-corrected chi connectivity index (χ4v) is 1.76. The molecule has 0 saturated carbocycles. The molecule has 0 fully saturated rings. The van der Waals surface area contributed by atoms with Crippen LogP contribution in [-0.4, -0.2) is 11.6 Å². The highest BCUT2D eigenvalue weighted by Gasteiger charge is 2.09. The van der Waals surface area contributed by atoms with Gasteiger partial charge >= 0.3 is 0 Å². The molecule has 0 bridgehead atoms. The van der Waals surface area contributed by atoms with Crippen LogP contribution in [0.3, 0.4) is 0 Å². The molecule has 0 amide bonds. The molecular weight excluding hydrogens is 199 g/mol. The summed E-state index contributed by atoms with van der Waals surface area (Å²) < 4.78 is 13.6. The fourth-order valence-electron chi connectivity index (χ4n) is 1.11. The first-order valence-corrected chi connectivity index (χ1v) is 5.51. The third kappa shape index (κ3) is 2.48. The van der Waals surface area contributed by atoms with Crippen molar-refractivity contribution >= 4 is 17.6 Å². The van der Waals surface area contributed by atoms with Crippen LogP contribution < -0.4 is 5.73 Å². The minimum Gasteiger partial charge on any atom is -0.384 e. The summed E-state index contributed by atoms with van der Waals surface area (Å²) in [5, 5.41) is 7.18. The molecule has 0 spiro atoms. The van der Waals surface area contributed by atoms with Crippen molar-refractivity contribution in [2.75, 3.05) is 5.75 Å². The van der Waals surface area contributed by atoms with E-state index in [-0.39, 0.29) is 17.2 Å². The lowest BCUT2D eigenvalue weighted by Crippen LogP contribution is -2.14. The Balaban J connectivity index is 2.95. The number of hydrogen-bond acceptors (Lipinski definition) is 2. The zero-order chi connectivity index (χ0) is 10.6. The number of thioether (sulfide) groups is 1. The summed E-state index contributed by atoms with van der Waals surface area (Å²) in [5.74, 6) is 1.000. The van der Waals surface area contributed by atoms with E-state index in [1.165, 1.54) is 6.07 Å². The molecule has 3 N–H and O–H groups in total. The quantitative estimate of drug-likeness (QED) is 0.594. The van der Waals surface area contributed by atoms with Gasteiger partial charge in [0.25, 0.3) is 0 Å². The molecule has 0 saturated heterocycles. The normalized spacial score (nSPS) is 10.1. The van der Waals surface area contributed by atoms with Crippen molar-refractivity contribution in [2.24, 2.45) is 5.73 Å². The largest absolute Gasteiger partial charge is 0.384 e. The minimum absolute atomic E-state index is 0.194. The van der Waals surface area contributed by atoms with Crippen LogP contribution in [0.15, 0.2) is 18.2 Å². The predicted octanol–water partition coefficient (Wildman–Crippen LogP) is 2.36. The maximum Gasteiger partial charge on any atom is 0.138 e. The third-order valence-corrected chi connectivity index (χ3v) is 2.75. The summed E-state index contributed by atoms with van der Waals surface area (Å²) in [6.07, 6.45) is 0. The molecule has 76 valence electrons. The molecular formula is C10H13FN2S. The molecule has 0 heterocycles. The van der Waals surface area contributed by atoms with Gasteiger partial charge in [-0.05, 0) is 17.4 Å². The van der Waals surface area contributed by atoms with Crippen LogP contribution >= 0.6 is 11.8 Å². The smallest absolute Gasteiger partial charge is 0.138 e.